The van der Waals surface area contributed by atoms with E-state index < -0.39 is 0 Å². The van der Waals surface area contributed by atoms with Crippen LogP contribution in [-0.2, 0) is 10.7 Å². The smallest absolute Gasteiger partial charge is 0.251 e. The average molecular weight is 283 g/mol. The molecule has 1 aromatic carbocycles. The lowest BCUT2D eigenvalue weighted by molar-refractivity contribution is -0.123. The summed E-state index contributed by atoms with van der Waals surface area (Å²) in [7, 11) is 0. The third-order valence-corrected chi connectivity index (χ3v) is 2.91. The number of nitrogens with one attached hydrogen (secondary N) is 2. The lowest BCUT2D eigenvalue weighted by Gasteiger charge is -2.09. The largest absolute Gasteiger partial charge is 0.354 e. The molecular formula is C14H19ClN2O2. The molecular weight excluding hydrogens is 264 g/mol. The maximum Gasteiger partial charge on any atom is 0.251 e. The van der Waals surface area contributed by atoms with Gasteiger partial charge in [-0.05, 0) is 17.7 Å². The molecule has 0 spiro atoms. The van der Waals surface area contributed by atoms with Gasteiger partial charge in [-0.3, -0.25) is 9.59 Å². The Morgan fingerprint density at radius 1 is 1.11 bits per heavy atom. The van der Waals surface area contributed by atoms with Gasteiger partial charge in [0.15, 0.2) is 0 Å². The van der Waals surface area contributed by atoms with Gasteiger partial charge in [0.25, 0.3) is 5.91 Å². The summed E-state index contributed by atoms with van der Waals surface area (Å²) in [5, 5.41) is 5.48. The highest BCUT2D eigenvalue weighted by Gasteiger charge is 2.07. The van der Waals surface area contributed by atoms with Gasteiger partial charge >= 0.3 is 0 Å². The van der Waals surface area contributed by atoms with Gasteiger partial charge < -0.3 is 10.6 Å². The normalized spacial score (nSPS) is 10.3. The summed E-state index contributed by atoms with van der Waals surface area (Å²) in [5.74, 6) is 0.225. The standard InChI is InChI=1S/C14H19ClN2O2/c1-10(2)13(18)16-7-8-17-14(19)12-5-3-11(9-15)4-6-12/h3-6,10H,7-9H2,1-2H3,(H,16,18)(H,17,19). The first-order valence-electron chi connectivity index (χ1n) is 6.25. The van der Waals surface area contributed by atoms with Crippen LogP contribution in [0.4, 0.5) is 0 Å². The average Bonchev–Trinajstić information content (AvgIpc) is 2.43. The molecule has 2 N–H and O–H groups in total. The number of hydrogen-bond acceptors (Lipinski definition) is 2. The van der Waals surface area contributed by atoms with E-state index in [0.29, 0.717) is 24.5 Å². The number of rotatable bonds is 6. The molecule has 0 aliphatic heterocycles. The molecule has 1 aromatic rings. The summed E-state index contributed by atoms with van der Waals surface area (Å²) >= 11 is 5.68. The molecule has 0 saturated heterocycles. The van der Waals surface area contributed by atoms with Crippen molar-refractivity contribution in [3.8, 4) is 0 Å². The molecule has 19 heavy (non-hydrogen) atoms. The molecule has 0 aromatic heterocycles. The van der Waals surface area contributed by atoms with E-state index in [9.17, 15) is 9.59 Å². The van der Waals surface area contributed by atoms with Gasteiger partial charge in [0.1, 0.15) is 0 Å². The first-order chi connectivity index (χ1) is 9.04. The molecule has 0 saturated carbocycles. The predicted molar refractivity (Wildman–Crippen MR) is 76.2 cm³/mol. The molecule has 0 unspecified atom stereocenters. The molecule has 0 radical (unpaired) electrons. The van der Waals surface area contributed by atoms with E-state index >= 15 is 0 Å². The maximum atomic E-state index is 11.8. The van der Waals surface area contributed by atoms with E-state index in [1.807, 2.05) is 26.0 Å². The minimum Gasteiger partial charge on any atom is -0.354 e. The summed E-state index contributed by atoms with van der Waals surface area (Å²) in [6, 6.07) is 7.12. The van der Waals surface area contributed by atoms with Gasteiger partial charge in [-0.1, -0.05) is 26.0 Å². The second-order valence-corrected chi connectivity index (χ2v) is 4.80. The zero-order valence-electron chi connectivity index (χ0n) is 11.2. The van der Waals surface area contributed by atoms with E-state index in [2.05, 4.69) is 10.6 Å². The number of carbonyl (C=O) groups is 2. The molecule has 1 rings (SSSR count). The van der Waals surface area contributed by atoms with Crippen molar-refractivity contribution in [3.05, 3.63) is 35.4 Å². The van der Waals surface area contributed by atoms with E-state index in [4.69, 9.17) is 11.6 Å². The van der Waals surface area contributed by atoms with Crippen LogP contribution in [0.1, 0.15) is 29.8 Å². The van der Waals surface area contributed by atoms with Gasteiger partial charge in [-0.25, -0.2) is 0 Å². The Hall–Kier alpha value is -1.55. The second kappa shape index (κ2) is 7.79. The lowest BCUT2D eigenvalue weighted by Crippen LogP contribution is -2.36. The van der Waals surface area contributed by atoms with Crippen LogP contribution >= 0.6 is 11.6 Å². The minimum atomic E-state index is -0.153. The quantitative estimate of drug-likeness (QED) is 0.619. The number of carbonyl (C=O) groups excluding carboxylic acids is 2. The fourth-order valence-electron chi connectivity index (χ4n) is 1.41. The summed E-state index contributed by atoms with van der Waals surface area (Å²) in [6.45, 7) is 4.50. The van der Waals surface area contributed by atoms with E-state index in [1.54, 1.807) is 12.1 Å². The Balaban J connectivity index is 2.33. The molecule has 0 atom stereocenters. The predicted octanol–water partition coefficient (Wildman–Crippen LogP) is 1.93. The number of benzene rings is 1. The van der Waals surface area contributed by atoms with Crippen LogP contribution in [0.3, 0.4) is 0 Å². The number of alkyl halides is 1. The van der Waals surface area contributed by atoms with Crippen LogP contribution in [0.15, 0.2) is 24.3 Å². The Morgan fingerprint density at radius 2 is 1.68 bits per heavy atom. The molecule has 2 amide bonds. The van der Waals surface area contributed by atoms with E-state index in [1.165, 1.54) is 0 Å². The number of amides is 2. The third-order valence-electron chi connectivity index (χ3n) is 2.60. The minimum absolute atomic E-state index is 0.0132. The SMILES string of the molecule is CC(C)C(=O)NCCNC(=O)c1ccc(CCl)cc1. The Bertz CT molecular complexity index is 430. The number of halogens is 1. The van der Waals surface area contributed by atoms with Gasteiger partial charge in [-0.15, -0.1) is 11.6 Å². The summed E-state index contributed by atoms with van der Waals surface area (Å²) in [6.07, 6.45) is 0. The van der Waals surface area contributed by atoms with Crippen LogP contribution in [0.2, 0.25) is 0 Å². The van der Waals surface area contributed by atoms with Gasteiger partial charge in [-0.2, -0.15) is 0 Å². The Morgan fingerprint density at radius 3 is 2.21 bits per heavy atom. The van der Waals surface area contributed by atoms with Crippen LogP contribution in [0.25, 0.3) is 0 Å². The zero-order chi connectivity index (χ0) is 14.3. The number of hydrogen-bond donors (Lipinski definition) is 2. The van der Waals surface area contributed by atoms with Crippen molar-refractivity contribution in [1.29, 1.82) is 0 Å². The van der Waals surface area contributed by atoms with Crippen molar-refractivity contribution >= 4 is 23.4 Å². The van der Waals surface area contributed by atoms with Crippen molar-refractivity contribution in [2.45, 2.75) is 19.7 Å². The van der Waals surface area contributed by atoms with Crippen LogP contribution in [-0.4, -0.2) is 24.9 Å². The van der Waals surface area contributed by atoms with Crippen molar-refractivity contribution in [2.75, 3.05) is 13.1 Å². The van der Waals surface area contributed by atoms with E-state index in [-0.39, 0.29) is 17.7 Å². The lowest BCUT2D eigenvalue weighted by atomic mass is 10.1. The summed E-state index contributed by atoms with van der Waals surface area (Å²) in [5.41, 5.74) is 1.56. The Kier molecular flexibility index (Phi) is 6.36. The first-order valence-corrected chi connectivity index (χ1v) is 6.79. The highest BCUT2D eigenvalue weighted by Crippen LogP contribution is 2.06. The summed E-state index contributed by atoms with van der Waals surface area (Å²) in [4.78, 5) is 23.1. The van der Waals surface area contributed by atoms with Gasteiger partial charge in [0.05, 0.1) is 0 Å². The molecule has 104 valence electrons. The Labute approximate surface area is 118 Å². The monoisotopic (exact) mass is 282 g/mol. The van der Waals surface area contributed by atoms with Crippen molar-refractivity contribution in [3.63, 3.8) is 0 Å². The molecule has 0 aliphatic rings. The molecule has 0 bridgehead atoms. The fraction of sp³-hybridized carbons (Fsp3) is 0.429. The van der Waals surface area contributed by atoms with Crippen LogP contribution in [0, 0.1) is 5.92 Å². The fourth-order valence-corrected chi connectivity index (χ4v) is 1.59. The highest BCUT2D eigenvalue weighted by atomic mass is 35.5. The molecule has 5 heteroatoms. The molecule has 0 fully saturated rings. The van der Waals surface area contributed by atoms with Crippen LogP contribution in [0.5, 0.6) is 0 Å². The topological polar surface area (TPSA) is 58.2 Å². The second-order valence-electron chi connectivity index (χ2n) is 4.53. The molecule has 0 aliphatic carbocycles. The summed E-state index contributed by atoms with van der Waals surface area (Å²) < 4.78 is 0. The van der Waals surface area contributed by atoms with Crippen LogP contribution < -0.4 is 10.6 Å². The first kappa shape index (κ1) is 15.5. The van der Waals surface area contributed by atoms with Gasteiger partial charge in [0.2, 0.25) is 5.91 Å². The molecule has 4 nitrogen and oxygen atoms in total. The molecule has 0 heterocycles. The van der Waals surface area contributed by atoms with Crippen molar-refractivity contribution in [1.82, 2.24) is 10.6 Å². The maximum absolute atomic E-state index is 11.8. The highest BCUT2D eigenvalue weighted by molar-refractivity contribution is 6.17. The third kappa shape index (κ3) is 5.30. The van der Waals surface area contributed by atoms with Crippen molar-refractivity contribution in [2.24, 2.45) is 5.92 Å². The zero-order valence-corrected chi connectivity index (χ0v) is 12.0. The van der Waals surface area contributed by atoms with Gasteiger partial charge in [0, 0.05) is 30.5 Å². The van der Waals surface area contributed by atoms with E-state index in [0.717, 1.165) is 5.56 Å². The van der Waals surface area contributed by atoms with Crippen molar-refractivity contribution < 1.29 is 9.59 Å².